The molecule has 150 valence electrons. The highest BCUT2D eigenvalue weighted by molar-refractivity contribution is 7.09. The van der Waals surface area contributed by atoms with Crippen molar-refractivity contribution in [2.24, 2.45) is 0 Å². The minimum absolute atomic E-state index is 0.0269. The number of carbonyl (C=O) groups is 2. The van der Waals surface area contributed by atoms with Crippen molar-refractivity contribution >= 4 is 23.2 Å². The maximum Gasteiger partial charge on any atom is 0.252 e. The molecule has 7 nitrogen and oxygen atoms in total. The highest BCUT2D eigenvalue weighted by Crippen LogP contribution is 2.22. The standard InChI is InChI=1S/C21H22N4O3S/c1-2-28-13-20(26)25-9-3-4-17(12-25)21(27)23-11-19-24-18(14-29-19)16-7-5-15(10-22)6-8-16/h5-8,12,14H,2-4,9,11,13H2,1H3,(H,23,27). The van der Waals surface area contributed by atoms with E-state index in [0.717, 1.165) is 22.7 Å². The molecule has 1 aliphatic heterocycles. The molecule has 0 fully saturated rings. The van der Waals surface area contributed by atoms with Crippen LogP contribution in [0.25, 0.3) is 11.3 Å². The van der Waals surface area contributed by atoms with Crippen molar-refractivity contribution in [2.75, 3.05) is 19.8 Å². The lowest BCUT2D eigenvalue weighted by molar-refractivity contribution is -0.133. The lowest BCUT2D eigenvalue weighted by atomic mass is 10.1. The average Bonchev–Trinajstić information content (AvgIpc) is 3.25. The highest BCUT2D eigenvalue weighted by Gasteiger charge is 2.20. The zero-order valence-electron chi connectivity index (χ0n) is 16.2. The molecule has 0 unspecified atom stereocenters. The lowest BCUT2D eigenvalue weighted by Crippen LogP contribution is -2.35. The first-order valence-corrected chi connectivity index (χ1v) is 10.3. The Bertz CT molecular complexity index is 944. The van der Waals surface area contributed by atoms with Gasteiger partial charge in [-0.25, -0.2) is 4.98 Å². The monoisotopic (exact) mass is 410 g/mol. The van der Waals surface area contributed by atoms with Crippen LogP contribution in [0.2, 0.25) is 0 Å². The van der Waals surface area contributed by atoms with E-state index in [1.165, 1.54) is 11.3 Å². The van der Waals surface area contributed by atoms with Gasteiger partial charge in [0.2, 0.25) is 5.91 Å². The molecular formula is C21H22N4O3S. The van der Waals surface area contributed by atoms with Crippen molar-refractivity contribution in [1.82, 2.24) is 15.2 Å². The Hall–Kier alpha value is -3.02. The van der Waals surface area contributed by atoms with Crippen LogP contribution in [0, 0.1) is 11.3 Å². The molecule has 0 aliphatic carbocycles. The van der Waals surface area contributed by atoms with E-state index in [4.69, 9.17) is 10.00 Å². The molecule has 1 aromatic heterocycles. The van der Waals surface area contributed by atoms with Crippen LogP contribution in [0.15, 0.2) is 41.4 Å². The van der Waals surface area contributed by atoms with E-state index in [9.17, 15) is 9.59 Å². The molecule has 8 heteroatoms. The predicted molar refractivity (Wildman–Crippen MR) is 110 cm³/mol. The van der Waals surface area contributed by atoms with E-state index in [1.54, 1.807) is 23.2 Å². The van der Waals surface area contributed by atoms with Gasteiger partial charge >= 0.3 is 0 Å². The average molecular weight is 410 g/mol. The number of ether oxygens (including phenoxy) is 1. The Balaban J connectivity index is 1.57. The summed E-state index contributed by atoms with van der Waals surface area (Å²) < 4.78 is 5.16. The van der Waals surface area contributed by atoms with Gasteiger partial charge in [0.1, 0.15) is 11.6 Å². The molecule has 3 rings (SSSR count). The molecule has 0 saturated carbocycles. The fraction of sp³-hybridized carbons (Fsp3) is 0.333. The third-order valence-corrected chi connectivity index (χ3v) is 5.31. The summed E-state index contributed by atoms with van der Waals surface area (Å²) in [6.45, 7) is 3.27. The first-order valence-electron chi connectivity index (χ1n) is 9.41. The predicted octanol–water partition coefficient (Wildman–Crippen LogP) is 2.84. The summed E-state index contributed by atoms with van der Waals surface area (Å²) >= 11 is 1.47. The number of thiazole rings is 1. The van der Waals surface area contributed by atoms with Crippen LogP contribution >= 0.6 is 11.3 Å². The van der Waals surface area contributed by atoms with Crippen molar-refractivity contribution < 1.29 is 14.3 Å². The Morgan fingerprint density at radius 3 is 2.86 bits per heavy atom. The second kappa shape index (κ2) is 9.96. The van der Waals surface area contributed by atoms with Gasteiger partial charge in [-0.15, -0.1) is 11.3 Å². The third kappa shape index (κ3) is 5.50. The Labute approximate surface area is 173 Å². The lowest BCUT2D eigenvalue weighted by Gasteiger charge is -2.24. The van der Waals surface area contributed by atoms with Crippen LogP contribution in [0.4, 0.5) is 0 Å². The maximum atomic E-state index is 12.5. The van der Waals surface area contributed by atoms with Crippen LogP contribution in [0.5, 0.6) is 0 Å². The number of nitriles is 1. The topological polar surface area (TPSA) is 95.3 Å². The molecule has 0 atom stereocenters. The molecule has 0 radical (unpaired) electrons. The van der Waals surface area contributed by atoms with Crippen LogP contribution < -0.4 is 5.32 Å². The van der Waals surface area contributed by atoms with E-state index in [2.05, 4.69) is 16.4 Å². The minimum Gasteiger partial charge on any atom is -0.372 e. The van der Waals surface area contributed by atoms with Crippen molar-refractivity contribution in [2.45, 2.75) is 26.3 Å². The summed E-state index contributed by atoms with van der Waals surface area (Å²) in [6.07, 6.45) is 3.01. The van der Waals surface area contributed by atoms with Gasteiger partial charge in [-0.3, -0.25) is 9.59 Å². The molecule has 0 bridgehead atoms. The zero-order valence-corrected chi connectivity index (χ0v) is 17.0. The third-order valence-electron chi connectivity index (χ3n) is 4.46. The maximum absolute atomic E-state index is 12.5. The van der Waals surface area contributed by atoms with E-state index in [0.29, 0.717) is 37.3 Å². The Kier molecular flexibility index (Phi) is 7.11. The summed E-state index contributed by atoms with van der Waals surface area (Å²) in [7, 11) is 0. The smallest absolute Gasteiger partial charge is 0.252 e. The normalized spacial score (nSPS) is 13.5. The second-order valence-corrected chi connectivity index (χ2v) is 7.42. The second-order valence-electron chi connectivity index (χ2n) is 6.48. The van der Waals surface area contributed by atoms with Gasteiger partial charge in [0.25, 0.3) is 5.91 Å². The molecule has 29 heavy (non-hydrogen) atoms. The SMILES string of the molecule is CCOCC(=O)N1C=C(C(=O)NCc2nc(-c3ccc(C#N)cc3)cs2)CCC1. The van der Waals surface area contributed by atoms with Gasteiger partial charge < -0.3 is 15.0 Å². The summed E-state index contributed by atoms with van der Waals surface area (Å²) in [6, 6.07) is 9.32. The number of amides is 2. The molecule has 0 saturated heterocycles. The number of hydrogen-bond acceptors (Lipinski definition) is 6. The van der Waals surface area contributed by atoms with Gasteiger partial charge in [-0.2, -0.15) is 5.26 Å². The molecule has 1 aliphatic rings. The van der Waals surface area contributed by atoms with Crippen LogP contribution in [0.1, 0.15) is 30.3 Å². The first-order chi connectivity index (χ1) is 14.1. The van der Waals surface area contributed by atoms with Crippen LogP contribution in [-0.2, 0) is 20.9 Å². The van der Waals surface area contributed by atoms with Gasteiger partial charge in [-0.05, 0) is 31.9 Å². The van der Waals surface area contributed by atoms with Gasteiger partial charge in [0, 0.05) is 35.9 Å². The summed E-state index contributed by atoms with van der Waals surface area (Å²) in [5, 5.41) is 14.5. The van der Waals surface area contributed by atoms with E-state index < -0.39 is 0 Å². The first kappa shape index (κ1) is 20.7. The fourth-order valence-corrected chi connectivity index (χ4v) is 3.65. The van der Waals surface area contributed by atoms with Crippen LogP contribution in [-0.4, -0.2) is 41.5 Å². The van der Waals surface area contributed by atoms with Gasteiger partial charge in [-0.1, -0.05) is 12.1 Å². The van der Waals surface area contributed by atoms with Gasteiger partial charge in [0.15, 0.2) is 0 Å². The molecule has 1 aromatic carbocycles. The van der Waals surface area contributed by atoms with Crippen molar-refractivity contribution in [1.29, 1.82) is 5.26 Å². The minimum atomic E-state index is -0.186. The zero-order chi connectivity index (χ0) is 20.6. The Morgan fingerprint density at radius 1 is 1.34 bits per heavy atom. The van der Waals surface area contributed by atoms with E-state index in [1.807, 2.05) is 24.4 Å². The van der Waals surface area contributed by atoms with E-state index >= 15 is 0 Å². The Morgan fingerprint density at radius 2 is 2.14 bits per heavy atom. The molecular weight excluding hydrogens is 388 g/mol. The number of rotatable bonds is 7. The van der Waals surface area contributed by atoms with Crippen LogP contribution in [0.3, 0.4) is 0 Å². The number of hydrogen-bond donors (Lipinski definition) is 1. The number of carbonyl (C=O) groups excluding carboxylic acids is 2. The number of benzene rings is 1. The fourth-order valence-electron chi connectivity index (χ4n) is 2.91. The molecule has 0 spiro atoms. The van der Waals surface area contributed by atoms with E-state index in [-0.39, 0.29) is 18.4 Å². The molecule has 1 N–H and O–H groups in total. The molecule has 2 amide bonds. The number of aromatic nitrogens is 1. The van der Waals surface area contributed by atoms with Crippen molar-refractivity contribution in [3.05, 3.63) is 52.0 Å². The summed E-state index contributed by atoms with van der Waals surface area (Å²) in [5.41, 5.74) is 2.93. The van der Waals surface area contributed by atoms with Crippen molar-refractivity contribution in [3.63, 3.8) is 0 Å². The number of nitrogens with one attached hydrogen (secondary N) is 1. The molecule has 2 heterocycles. The molecule has 2 aromatic rings. The van der Waals surface area contributed by atoms with Crippen molar-refractivity contribution in [3.8, 4) is 17.3 Å². The summed E-state index contributed by atoms with van der Waals surface area (Å²) in [4.78, 5) is 30.7. The highest BCUT2D eigenvalue weighted by atomic mass is 32.1. The quantitative estimate of drug-likeness (QED) is 0.757. The largest absolute Gasteiger partial charge is 0.372 e. The number of nitrogens with zero attached hydrogens (tertiary/aromatic N) is 3. The summed E-state index contributed by atoms with van der Waals surface area (Å²) in [5.74, 6) is -0.321. The van der Waals surface area contributed by atoms with Gasteiger partial charge in [0.05, 0.1) is 23.9 Å².